The van der Waals surface area contributed by atoms with Crippen LogP contribution in [0.4, 0.5) is 11.5 Å². The van der Waals surface area contributed by atoms with Gasteiger partial charge in [-0.2, -0.15) is 0 Å². The molecule has 0 spiro atoms. The summed E-state index contributed by atoms with van der Waals surface area (Å²) in [6, 6.07) is 0. The molecule has 1 fully saturated rings. The first-order valence-electron chi connectivity index (χ1n) is 4.95. The van der Waals surface area contributed by atoms with Gasteiger partial charge in [0.2, 0.25) is 11.0 Å². The standard InChI is InChI=1S/C9H11ClN4O2/c1-9(3-2-4-9)13-8-6(14(15)16)7(10)11-5-12-8/h5H,2-4H2,1H3,(H,11,12,13). The zero-order valence-corrected chi connectivity index (χ0v) is 9.49. The third-order valence-corrected chi connectivity index (χ3v) is 3.11. The van der Waals surface area contributed by atoms with Gasteiger partial charge in [-0.25, -0.2) is 9.97 Å². The molecule has 6 nitrogen and oxygen atoms in total. The summed E-state index contributed by atoms with van der Waals surface area (Å²) in [5, 5.41) is 13.8. The molecule has 16 heavy (non-hydrogen) atoms. The minimum Gasteiger partial charge on any atom is -0.359 e. The van der Waals surface area contributed by atoms with Crippen LogP contribution in [0, 0.1) is 10.1 Å². The zero-order valence-electron chi connectivity index (χ0n) is 8.73. The second-order valence-electron chi connectivity index (χ2n) is 4.16. The van der Waals surface area contributed by atoms with Gasteiger partial charge in [0.05, 0.1) is 4.92 Å². The van der Waals surface area contributed by atoms with Gasteiger partial charge in [0, 0.05) is 5.54 Å². The van der Waals surface area contributed by atoms with E-state index < -0.39 is 4.92 Å². The van der Waals surface area contributed by atoms with E-state index in [9.17, 15) is 10.1 Å². The fraction of sp³-hybridized carbons (Fsp3) is 0.556. The Morgan fingerprint density at radius 3 is 2.75 bits per heavy atom. The average Bonchev–Trinajstić information content (AvgIpc) is 2.14. The van der Waals surface area contributed by atoms with Crippen LogP contribution in [0.1, 0.15) is 26.2 Å². The summed E-state index contributed by atoms with van der Waals surface area (Å²) in [6.07, 6.45) is 4.30. The summed E-state index contributed by atoms with van der Waals surface area (Å²) in [5.41, 5.74) is -0.361. The Labute approximate surface area is 97.2 Å². The highest BCUT2D eigenvalue weighted by molar-refractivity contribution is 6.31. The van der Waals surface area contributed by atoms with Gasteiger partial charge in [-0.05, 0) is 26.2 Å². The van der Waals surface area contributed by atoms with Crippen LogP contribution in [-0.2, 0) is 0 Å². The van der Waals surface area contributed by atoms with Crippen molar-refractivity contribution < 1.29 is 4.92 Å². The molecule has 0 bridgehead atoms. The molecule has 1 saturated carbocycles. The van der Waals surface area contributed by atoms with Crippen molar-refractivity contribution >= 4 is 23.1 Å². The van der Waals surface area contributed by atoms with Gasteiger partial charge >= 0.3 is 5.69 Å². The molecule has 1 aromatic rings. The third kappa shape index (κ3) is 1.92. The predicted octanol–water partition coefficient (Wildman–Crippen LogP) is 2.39. The topological polar surface area (TPSA) is 81.0 Å². The molecule has 86 valence electrons. The number of nitro groups is 1. The first-order valence-corrected chi connectivity index (χ1v) is 5.33. The van der Waals surface area contributed by atoms with Gasteiger partial charge < -0.3 is 5.32 Å². The van der Waals surface area contributed by atoms with Crippen molar-refractivity contribution in [1.29, 1.82) is 0 Å². The van der Waals surface area contributed by atoms with Crippen LogP contribution in [0.25, 0.3) is 0 Å². The molecule has 0 amide bonds. The summed E-state index contributed by atoms with van der Waals surface area (Å²) in [4.78, 5) is 17.8. The maximum absolute atomic E-state index is 10.8. The van der Waals surface area contributed by atoms with E-state index in [0.29, 0.717) is 0 Å². The third-order valence-electron chi connectivity index (χ3n) is 2.84. The lowest BCUT2D eigenvalue weighted by Crippen LogP contribution is -2.42. The average molecular weight is 243 g/mol. The quantitative estimate of drug-likeness (QED) is 0.500. The van der Waals surface area contributed by atoms with Crippen molar-refractivity contribution in [3.05, 3.63) is 21.6 Å². The van der Waals surface area contributed by atoms with Crippen LogP contribution in [0.5, 0.6) is 0 Å². The molecule has 0 radical (unpaired) electrons. The van der Waals surface area contributed by atoms with Crippen molar-refractivity contribution in [2.45, 2.75) is 31.7 Å². The molecule has 0 atom stereocenters. The van der Waals surface area contributed by atoms with Gasteiger partial charge in [0.15, 0.2) is 0 Å². The first-order chi connectivity index (χ1) is 7.52. The van der Waals surface area contributed by atoms with Crippen LogP contribution in [0.2, 0.25) is 5.15 Å². The number of aromatic nitrogens is 2. The van der Waals surface area contributed by atoms with Crippen molar-refractivity contribution in [1.82, 2.24) is 9.97 Å². The Morgan fingerprint density at radius 2 is 2.25 bits per heavy atom. The molecule has 0 aliphatic heterocycles. The van der Waals surface area contributed by atoms with E-state index in [-0.39, 0.29) is 22.2 Å². The smallest absolute Gasteiger partial charge is 0.348 e. The van der Waals surface area contributed by atoms with E-state index in [1.807, 2.05) is 6.92 Å². The predicted molar refractivity (Wildman–Crippen MR) is 59.6 cm³/mol. The summed E-state index contributed by atoms with van der Waals surface area (Å²) in [7, 11) is 0. The molecule has 1 aliphatic rings. The summed E-state index contributed by atoms with van der Waals surface area (Å²) >= 11 is 5.68. The minimum atomic E-state index is -0.563. The largest absolute Gasteiger partial charge is 0.359 e. The second kappa shape index (κ2) is 3.86. The molecular formula is C9H11ClN4O2. The minimum absolute atomic E-state index is 0.109. The SMILES string of the molecule is CC1(Nc2ncnc(Cl)c2[N+](=O)[O-])CCC1. The number of halogens is 1. The lowest BCUT2D eigenvalue weighted by molar-refractivity contribution is -0.384. The Morgan fingerprint density at radius 1 is 1.56 bits per heavy atom. The summed E-state index contributed by atoms with van der Waals surface area (Å²) < 4.78 is 0. The molecule has 1 aliphatic carbocycles. The number of nitrogens with one attached hydrogen (secondary N) is 1. The first kappa shape index (κ1) is 11.1. The van der Waals surface area contributed by atoms with E-state index >= 15 is 0 Å². The van der Waals surface area contributed by atoms with Crippen LogP contribution in [0.3, 0.4) is 0 Å². The van der Waals surface area contributed by atoms with Crippen molar-refractivity contribution in [2.24, 2.45) is 0 Å². The fourth-order valence-electron chi connectivity index (χ4n) is 1.73. The van der Waals surface area contributed by atoms with Crippen LogP contribution in [-0.4, -0.2) is 20.4 Å². The fourth-order valence-corrected chi connectivity index (χ4v) is 1.93. The maximum atomic E-state index is 10.8. The van der Waals surface area contributed by atoms with E-state index in [1.165, 1.54) is 6.33 Å². The zero-order chi connectivity index (χ0) is 11.8. The molecule has 0 saturated heterocycles. The molecule has 1 heterocycles. The number of anilines is 1. The van der Waals surface area contributed by atoms with Gasteiger partial charge in [0.1, 0.15) is 6.33 Å². The number of rotatable bonds is 3. The highest BCUT2D eigenvalue weighted by Crippen LogP contribution is 2.37. The molecule has 0 unspecified atom stereocenters. The van der Waals surface area contributed by atoms with Crippen LogP contribution >= 0.6 is 11.6 Å². The highest BCUT2D eigenvalue weighted by atomic mass is 35.5. The summed E-state index contributed by atoms with van der Waals surface area (Å²) in [6.45, 7) is 2.01. The van der Waals surface area contributed by atoms with Gasteiger partial charge in [0.25, 0.3) is 0 Å². The molecule has 7 heteroatoms. The van der Waals surface area contributed by atoms with E-state index in [2.05, 4.69) is 15.3 Å². The number of hydrogen-bond acceptors (Lipinski definition) is 5. The van der Waals surface area contributed by atoms with E-state index in [4.69, 9.17) is 11.6 Å². The van der Waals surface area contributed by atoms with E-state index in [1.54, 1.807) is 0 Å². The van der Waals surface area contributed by atoms with E-state index in [0.717, 1.165) is 19.3 Å². The lowest BCUT2D eigenvalue weighted by Gasteiger charge is -2.39. The van der Waals surface area contributed by atoms with Crippen molar-refractivity contribution in [3.8, 4) is 0 Å². The van der Waals surface area contributed by atoms with Crippen LogP contribution < -0.4 is 5.32 Å². The Bertz CT molecular complexity index is 434. The highest BCUT2D eigenvalue weighted by Gasteiger charge is 2.34. The normalized spacial score (nSPS) is 17.6. The van der Waals surface area contributed by atoms with Gasteiger partial charge in [-0.1, -0.05) is 11.6 Å². The molecule has 2 rings (SSSR count). The van der Waals surface area contributed by atoms with Crippen molar-refractivity contribution in [2.75, 3.05) is 5.32 Å². The monoisotopic (exact) mass is 242 g/mol. The molecule has 1 aromatic heterocycles. The Kier molecular flexibility index (Phi) is 2.67. The number of nitrogens with zero attached hydrogens (tertiary/aromatic N) is 3. The summed E-state index contributed by atoms with van der Waals surface area (Å²) in [5.74, 6) is 0.201. The Balaban J connectivity index is 2.32. The second-order valence-corrected chi connectivity index (χ2v) is 4.52. The maximum Gasteiger partial charge on any atom is 0.348 e. The van der Waals surface area contributed by atoms with Gasteiger partial charge in [-0.3, -0.25) is 10.1 Å². The van der Waals surface area contributed by atoms with Crippen LogP contribution in [0.15, 0.2) is 6.33 Å². The molecule has 1 N–H and O–H groups in total. The van der Waals surface area contributed by atoms with Crippen molar-refractivity contribution in [3.63, 3.8) is 0 Å². The van der Waals surface area contributed by atoms with Gasteiger partial charge in [-0.15, -0.1) is 0 Å². The molecule has 0 aromatic carbocycles. The lowest BCUT2D eigenvalue weighted by atomic mass is 9.78. The molecular weight excluding hydrogens is 232 g/mol. The number of hydrogen-bond donors (Lipinski definition) is 1. The Hall–Kier alpha value is -1.43.